The lowest BCUT2D eigenvalue weighted by Crippen LogP contribution is -2.30. The average Bonchev–Trinajstić information content (AvgIpc) is 2.74. The summed E-state index contributed by atoms with van der Waals surface area (Å²) in [5.41, 5.74) is 3.00. The molecule has 3 rings (SSSR count). The zero-order valence-electron chi connectivity index (χ0n) is 18.3. The van der Waals surface area contributed by atoms with Crippen molar-refractivity contribution in [2.24, 2.45) is 0 Å². The summed E-state index contributed by atoms with van der Waals surface area (Å²) in [6.07, 6.45) is -0.678. The van der Waals surface area contributed by atoms with Crippen molar-refractivity contribution in [1.29, 1.82) is 0 Å². The number of carbonyl (C=O) groups excluding carboxylic acids is 2. The molecule has 0 aliphatic rings. The van der Waals surface area contributed by atoms with Crippen molar-refractivity contribution in [2.75, 3.05) is 10.6 Å². The molecule has 31 heavy (non-hydrogen) atoms. The van der Waals surface area contributed by atoms with Crippen LogP contribution in [-0.2, 0) is 10.2 Å². The van der Waals surface area contributed by atoms with Gasteiger partial charge in [0, 0.05) is 16.9 Å². The highest BCUT2D eigenvalue weighted by Gasteiger charge is 2.17. The van der Waals surface area contributed by atoms with Crippen molar-refractivity contribution in [3.05, 3.63) is 90.0 Å². The van der Waals surface area contributed by atoms with E-state index in [-0.39, 0.29) is 17.2 Å². The van der Waals surface area contributed by atoms with Crippen molar-refractivity contribution in [1.82, 2.24) is 0 Å². The maximum atomic E-state index is 12.6. The molecule has 2 N–H and O–H groups in total. The zero-order valence-corrected chi connectivity index (χ0v) is 18.3. The first-order valence-electron chi connectivity index (χ1n) is 10.3. The van der Waals surface area contributed by atoms with E-state index in [0.29, 0.717) is 22.7 Å². The average molecular weight is 417 g/mol. The molecule has 3 aromatic rings. The summed E-state index contributed by atoms with van der Waals surface area (Å²) in [5.74, 6) is 0.158. The van der Waals surface area contributed by atoms with Gasteiger partial charge in [-0.15, -0.1) is 0 Å². The molecular weight excluding hydrogens is 388 g/mol. The van der Waals surface area contributed by atoms with Crippen molar-refractivity contribution in [3.8, 4) is 5.75 Å². The summed E-state index contributed by atoms with van der Waals surface area (Å²) < 4.78 is 5.79. The molecule has 0 radical (unpaired) electrons. The van der Waals surface area contributed by atoms with Gasteiger partial charge in [-0.05, 0) is 60.4 Å². The number of carbonyl (C=O) groups is 2. The lowest BCUT2D eigenvalue weighted by atomic mass is 9.87. The summed E-state index contributed by atoms with van der Waals surface area (Å²) >= 11 is 0. The Labute approximate surface area is 183 Å². The van der Waals surface area contributed by atoms with Crippen LogP contribution in [0.25, 0.3) is 0 Å². The Morgan fingerprint density at radius 1 is 0.806 bits per heavy atom. The molecule has 0 heterocycles. The van der Waals surface area contributed by atoms with Crippen LogP contribution in [0.15, 0.2) is 78.9 Å². The van der Waals surface area contributed by atoms with Crippen molar-refractivity contribution in [2.45, 2.75) is 39.2 Å². The maximum absolute atomic E-state index is 12.6. The first-order valence-corrected chi connectivity index (χ1v) is 10.3. The largest absolute Gasteiger partial charge is 0.481 e. The number of ether oxygens (including phenoxy) is 1. The SMILES string of the molecule is CC(Oc1ccc(C(C)(C)C)cc1)C(=O)Nc1cccc(NC(=O)c2ccccc2)c1. The monoisotopic (exact) mass is 416 g/mol. The predicted molar refractivity (Wildman–Crippen MR) is 125 cm³/mol. The van der Waals surface area contributed by atoms with Gasteiger partial charge in [0.2, 0.25) is 0 Å². The van der Waals surface area contributed by atoms with Gasteiger partial charge < -0.3 is 15.4 Å². The molecule has 0 spiro atoms. The molecule has 0 aromatic heterocycles. The van der Waals surface area contributed by atoms with E-state index in [1.165, 1.54) is 5.56 Å². The quantitative estimate of drug-likeness (QED) is 0.546. The van der Waals surface area contributed by atoms with Crippen LogP contribution in [0, 0.1) is 0 Å². The van der Waals surface area contributed by atoms with Crippen LogP contribution in [-0.4, -0.2) is 17.9 Å². The van der Waals surface area contributed by atoms with Crippen LogP contribution in [0.1, 0.15) is 43.6 Å². The van der Waals surface area contributed by atoms with E-state index in [1.807, 2.05) is 42.5 Å². The summed E-state index contributed by atoms with van der Waals surface area (Å²) in [7, 11) is 0. The fourth-order valence-corrected chi connectivity index (χ4v) is 3.00. The smallest absolute Gasteiger partial charge is 0.265 e. The first-order chi connectivity index (χ1) is 14.7. The minimum absolute atomic E-state index is 0.0580. The highest BCUT2D eigenvalue weighted by Crippen LogP contribution is 2.25. The molecule has 0 aliphatic carbocycles. The molecule has 0 fully saturated rings. The highest BCUT2D eigenvalue weighted by atomic mass is 16.5. The standard InChI is InChI=1S/C26H28N2O3/c1-18(31-23-15-13-20(14-16-23)26(2,3)4)24(29)27-21-11-8-12-22(17-21)28-25(30)19-9-6-5-7-10-19/h5-18H,1-4H3,(H,27,29)(H,28,30). The van der Waals surface area contributed by atoms with Crippen LogP contribution >= 0.6 is 0 Å². The Morgan fingerprint density at radius 2 is 1.42 bits per heavy atom. The van der Waals surface area contributed by atoms with Gasteiger partial charge in [0.1, 0.15) is 5.75 Å². The van der Waals surface area contributed by atoms with Crippen LogP contribution in [0.5, 0.6) is 5.75 Å². The Bertz CT molecular complexity index is 1040. The van der Waals surface area contributed by atoms with Crippen LogP contribution < -0.4 is 15.4 Å². The Hall–Kier alpha value is -3.60. The molecule has 0 saturated carbocycles. The van der Waals surface area contributed by atoms with Gasteiger partial charge in [0.05, 0.1) is 0 Å². The first kappa shape index (κ1) is 22.1. The molecule has 0 saturated heterocycles. The van der Waals surface area contributed by atoms with E-state index < -0.39 is 6.10 Å². The third-order valence-corrected chi connectivity index (χ3v) is 4.83. The van der Waals surface area contributed by atoms with Gasteiger partial charge in [-0.2, -0.15) is 0 Å². The number of hydrogen-bond donors (Lipinski definition) is 2. The molecule has 0 aliphatic heterocycles. The molecular formula is C26H28N2O3. The second-order valence-electron chi connectivity index (χ2n) is 8.42. The topological polar surface area (TPSA) is 67.4 Å². The van der Waals surface area contributed by atoms with Gasteiger partial charge in [0.25, 0.3) is 11.8 Å². The Kier molecular flexibility index (Phi) is 6.75. The van der Waals surface area contributed by atoms with E-state index in [1.54, 1.807) is 43.3 Å². The maximum Gasteiger partial charge on any atom is 0.265 e. The summed E-state index contributed by atoms with van der Waals surface area (Å²) in [5, 5.41) is 5.67. The third-order valence-electron chi connectivity index (χ3n) is 4.83. The third kappa shape index (κ3) is 6.19. The van der Waals surface area contributed by atoms with Crippen molar-refractivity contribution in [3.63, 3.8) is 0 Å². The minimum Gasteiger partial charge on any atom is -0.481 e. The fraction of sp³-hybridized carbons (Fsp3) is 0.231. The minimum atomic E-state index is -0.678. The van der Waals surface area contributed by atoms with Gasteiger partial charge in [-0.1, -0.05) is 57.2 Å². The van der Waals surface area contributed by atoms with Crippen molar-refractivity contribution >= 4 is 23.2 Å². The number of nitrogens with one attached hydrogen (secondary N) is 2. The van der Waals surface area contributed by atoms with Gasteiger partial charge in [-0.3, -0.25) is 9.59 Å². The Balaban J connectivity index is 1.59. The van der Waals surface area contributed by atoms with Gasteiger partial charge in [0.15, 0.2) is 6.10 Å². The molecule has 3 aromatic carbocycles. The van der Waals surface area contributed by atoms with E-state index in [4.69, 9.17) is 4.74 Å². The second-order valence-corrected chi connectivity index (χ2v) is 8.42. The number of amides is 2. The molecule has 0 bridgehead atoms. The lowest BCUT2D eigenvalue weighted by Gasteiger charge is -2.20. The van der Waals surface area contributed by atoms with E-state index in [0.717, 1.165) is 0 Å². The summed E-state index contributed by atoms with van der Waals surface area (Å²) in [4.78, 5) is 24.9. The highest BCUT2D eigenvalue weighted by molar-refractivity contribution is 6.04. The lowest BCUT2D eigenvalue weighted by molar-refractivity contribution is -0.122. The van der Waals surface area contributed by atoms with Crippen molar-refractivity contribution < 1.29 is 14.3 Å². The van der Waals surface area contributed by atoms with Crippen LogP contribution in [0.4, 0.5) is 11.4 Å². The molecule has 1 unspecified atom stereocenters. The van der Waals surface area contributed by atoms with E-state index in [9.17, 15) is 9.59 Å². The number of anilines is 2. The molecule has 160 valence electrons. The normalized spacial score (nSPS) is 12.0. The molecule has 1 atom stereocenters. The number of benzene rings is 3. The number of rotatable bonds is 6. The van der Waals surface area contributed by atoms with Gasteiger partial charge in [-0.25, -0.2) is 0 Å². The summed E-state index contributed by atoms with van der Waals surface area (Å²) in [6.45, 7) is 8.15. The molecule has 5 heteroatoms. The molecule has 5 nitrogen and oxygen atoms in total. The zero-order chi connectivity index (χ0) is 22.4. The van der Waals surface area contributed by atoms with E-state index in [2.05, 4.69) is 31.4 Å². The fourth-order valence-electron chi connectivity index (χ4n) is 3.00. The number of hydrogen-bond acceptors (Lipinski definition) is 3. The van der Waals surface area contributed by atoms with Gasteiger partial charge >= 0.3 is 0 Å². The molecule has 2 amide bonds. The van der Waals surface area contributed by atoms with Crippen LogP contribution in [0.3, 0.4) is 0 Å². The summed E-state index contributed by atoms with van der Waals surface area (Å²) in [6, 6.07) is 23.8. The predicted octanol–water partition coefficient (Wildman–Crippen LogP) is 5.64. The Morgan fingerprint density at radius 3 is 2.03 bits per heavy atom. The van der Waals surface area contributed by atoms with E-state index >= 15 is 0 Å². The van der Waals surface area contributed by atoms with Crippen LogP contribution in [0.2, 0.25) is 0 Å². The second kappa shape index (κ2) is 9.47.